The van der Waals surface area contributed by atoms with Crippen molar-refractivity contribution in [3.05, 3.63) is 18.2 Å². The zero-order valence-corrected chi connectivity index (χ0v) is 12.2. The molecule has 1 atom stereocenters. The van der Waals surface area contributed by atoms with Gasteiger partial charge in [-0.25, -0.2) is 4.79 Å². The van der Waals surface area contributed by atoms with Crippen molar-refractivity contribution in [3.8, 4) is 5.75 Å². The fourth-order valence-electron chi connectivity index (χ4n) is 1.40. The first-order valence-corrected chi connectivity index (χ1v) is 7.09. The summed E-state index contributed by atoms with van der Waals surface area (Å²) in [4.78, 5) is 10.7. The Labute approximate surface area is 121 Å². The Morgan fingerprint density at radius 3 is 2.57 bits per heavy atom. The zero-order valence-electron chi connectivity index (χ0n) is 11.4. The Morgan fingerprint density at radius 2 is 2.05 bits per heavy atom. The van der Waals surface area contributed by atoms with Gasteiger partial charge in [-0.1, -0.05) is 0 Å². The number of rotatable bonds is 6. The second-order valence-corrected chi connectivity index (χ2v) is 5.32. The molecule has 0 saturated heterocycles. The van der Waals surface area contributed by atoms with Gasteiger partial charge in [0, 0.05) is 24.9 Å². The Kier molecular flexibility index (Phi) is 5.90. The number of hydrogen-bond donors (Lipinski definition) is 3. The molecule has 0 heterocycles. The van der Waals surface area contributed by atoms with Gasteiger partial charge in [-0.3, -0.25) is 15.6 Å². The number of benzene rings is 1. The van der Waals surface area contributed by atoms with Crippen LogP contribution in [0.1, 0.15) is 0 Å². The van der Waals surface area contributed by atoms with E-state index in [4.69, 9.17) is 19.8 Å². The van der Waals surface area contributed by atoms with E-state index in [1.165, 1.54) is 13.2 Å². The molecule has 1 aromatic rings. The molecule has 118 valence electrons. The van der Waals surface area contributed by atoms with Gasteiger partial charge in [0.25, 0.3) is 10.1 Å². The van der Waals surface area contributed by atoms with Crippen LogP contribution in [0, 0.1) is 0 Å². The summed E-state index contributed by atoms with van der Waals surface area (Å²) in [6.45, 7) is 0.0653. The predicted octanol–water partition coefficient (Wildman–Crippen LogP) is 0.422. The Balaban J connectivity index is 3.12. The highest BCUT2D eigenvalue weighted by Crippen LogP contribution is 2.24. The summed E-state index contributed by atoms with van der Waals surface area (Å²) >= 11 is 0. The molecule has 0 bridgehead atoms. The van der Waals surface area contributed by atoms with E-state index >= 15 is 0 Å². The number of anilines is 1. The molecule has 0 fully saturated rings. The van der Waals surface area contributed by atoms with Crippen LogP contribution in [0.25, 0.3) is 0 Å². The summed E-state index contributed by atoms with van der Waals surface area (Å²) in [6, 6.07) is 3.43. The molecule has 21 heavy (non-hydrogen) atoms. The molecule has 0 saturated carbocycles. The van der Waals surface area contributed by atoms with Crippen LogP contribution in [0.2, 0.25) is 0 Å². The zero-order chi connectivity index (χ0) is 16.0. The van der Waals surface area contributed by atoms with E-state index in [1.807, 2.05) is 0 Å². The maximum Gasteiger partial charge on any atom is 0.411 e. The standard InChI is InChI=1S/C11H16N2O7S/c1-18-6-10(12)20-8-3-7(13-11(14)19-2)4-9(5-8)21(15,16)17/h3-5,10H,6,12H2,1-2H3,(H,13,14)(H,15,16,17). The van der Waals surface area contributed by atoms with E-state index in [-0.39, 0.29) is 18.0 Å². The Hall–Kier alpha value is -1.88. The summed E-state index contributed by atoms with van der Waals surface area (Å²) in [7, 11) is -1.92. The fourth-order valence-corrected chi connectivity index (χ4v) is 1.94. The van der Waals surface area contributed by atoms with Gasteiger partial charge in [0.2, 0.25) is 0 Å². The number of carbonyl (C=O) groups excluding carboxylic acids is 1. The Bertz CT molecular complexity index is 603. The molecule has 0 aliphatic rings. The van der Waals surface area contributed by atoms with E-state index in [9.17, 15) is 13.2 Å². The summed E-state index contributed by atoms with van der Waals surface area (Å²) in [5.74, 6) is 0.0288. The van der Waals surface area contributed by atoms with Crippen molar-refractivity contribution in [2.75, 3.05) is 26.1 Å². The SMILES string of the molecule is COCC(N)Oc1cc(NC(=O)OC)cc(S(=O)(=O)O)c1. The summed E-state index contributed by atoms with van der Waals surface area (Å²) in [5, 5.41) is 2.26. The van der Waals surface area contributed by atoms with Gasteiger partial charge in [-0.15, -0.1) is 0 Å². The molecule has 1 rings (SSSR count). The molecule has 0 aromatic heterocycles. The summed E-state index contributed by atoms with van der Waals surface area (Å²) < 4.78 is 45.9. The van der Waals surface area contributed by atoms with Crippen LogP contribution >= 0.6 is 0 Å². The highest BCUT2D eigenvalue weighted by Gasteiger charge is 2.15. The molecule has 9 nitrogen and oxygen atoms in total. The van der Waals surface area contributed by atoms with Crippen LogP contribution in [0.4, 0.5) is 10.5 Å². The molecule has 0 spiro atoms. The maximum absolute atomic E-state index is 11.2. The predicted molar refractivity (Wildman–Crippen MR) is 72.8 cm³/mol. The highest BCUT2D eigenvalue weighted by atomic mass is 32.2. The van der Waals surface area contributed by atoms with Gasteiger partial charge in [0.1, 0.15) is 5.75 Å². The monoisotopic (exact) mass is 320 g/mol. The molecule has 0 aliphatic heterocycles. The molecule has 1 amide bonds. The lowest BCUT2D eigenvalue weighted by molar-refractivity contribution is 0.0849. The van der Waals surface area contributed by atoms with Gasteiger partial charge >= 0.3 is 6.09 Å². The second kappa shape index (κ2) is 7.22. The molecule has 4 N–H and O–H groups in total. The number of methoxy groups -OCH3 is 2. The maximum atomic E-state index is 11.2. The van der Waals surface area contributed by atoms with Crippen molar-refractivity contribution in [1.82, 2.24) is 0 Å². The van der Waals surface area contributed by atoms with Crippen LogP contribution in [-0.2, 0) is 19.6 Å². The minimum Gasteiger partial charge on any atom is -0.473 e. The number of nitrogens with one attached hydrogen (secondary N) is 1. The van der Waals surface area contributed by atoms with Crippen molar-refractivity contribution in [1.29, 1.82) is 0 Å². The average Bonchev–Trinajstić information content (AvgIpc) is 2.37. The quantitative estimate of drug-likeness (QED) is 0.506. The first kappa shape index (κ1) is 17.2. The molecule has 0 aliphatic carbocycles. The van der Waals surface area contributed by atoms with Gasteiger partial charge in [-0.05, 0) is 6.07 Å². The van der Waals surface area contributed by atoms with Crippen molar-refractivity contribution in [2.24, 2.45) is 5.73 Å². The van der Waals surface area contributed by atoms with Gasteiger partial charge < -0.3 is 14.2 Å². The van der Waals surface area contributed by atoms with Crippen LogP contribution in [-0.4, -0.2) is 46.1 Å². The average molecular weight is 320 g/mol. The lowest BCUT2D eigenvalue weighted by Gasteiger charge is -2.15. The van der Waals surface area contributed by atoms with Crippen molar-refractivity contribution < 1.29 is 32.0 Å². The topological polar surface area (TPSA) is 137 Å². The molecular weight excluding hydrogens is 304 g/mol. The van der Waals surface area contributed by atoms with Crippen LogP contribution in [0.15, 0.2) is 23.1 Å². The van der Waals surface area contributed by atoms with Crippen LogP contribution in [0.3, 0.4) is 0 Å². The molecule has 1 aromatic carbocycles. The van der Waals surface area contributed by atoms with E-state index < -0.39 is 27.3 Å². The third-order valence-electron chi connectivity index (χ3n) is 2.23. The lowest BCUT2D eigenvalue weighted by atomic mass is 10.3. The highest BCUT2D eigenvalue weighted by molar-refractivity contribution is 7.85. The largest absolute Gasteiger partial charge is 0.473 e. The number of nitrogens with two attached hydrogens (primary N) is 1. The van der Waals surface area contributed by atoms with Crippen molar-refractivity contribution >= 4 is 21.9 Å². The summed E-state index contributed by atoms with van der Waals surface area (Å²) in [5.41, 5.74) is 5.63. The van der Waals surface area contributed by atoms with E-state index in [0.717, 1.165) is 19.2 Å². The van der Waals surface area contributed by atoms with E-state index in [2.05, 4.69) is 10.1 Å². The van der Waals surface area contributed by atoms with Gasteiger partial charge in [0.15, 0.2) is 6.23 Å². The minimum absolute atomic E-state index is 0.0288. The van der Waals surface area contributed by atoms with Crippen molar-refractivity contribution in [2.45, 2.75) is 11.1 Å². The third kappa shape index (κ3) is 5.55. The first-order chi connectivity index (χ1) is 9.76. The Morgan fingerprint density at radius 1 is 1.38 bits per heavy atom. The van der Waals surface area contributed by atoms with E-state index in [0.29, 0.717) is 0 Å². The summed E-state index contributed by atoms with van der Waals surface area (Å²) in [6.07, 6.45) is -1.66. The number of ether oxygens (including phenoxy) is 3. The first-order valence-electron chi connectivity index (χ1n) is 5.65. The van der Waals surface area contributed by atoms with Gasteiger partial charge in [0.05, 0.1) is 18.6 Å². The molecular formula is C11H16N2O7S. The molecule has 10 heteroatoms. The lowest BCUT2D eigenvalue weighted by Crippen LogP contribution is -2.32. The fraction of sp³-hybridized carbons (Fsp3) is 0.364. The third-order valence-corrected chi connectivity index (χ3v) is 3.06. The van der Waals surface area contributed by atoms with Crippen LogP contribution < -0.4 is 15.8 Å². The molecule has 0 radical (unpaired) electrons. The van der Waals surface area contributed by atoms with Gasteiger partial charge in [-0.2, -0.15) is 8.42 Å². The second-order valence-electron chi connectivity index (χ2n) is 3.90. The minimum atomic E-state index is -4.48. The molecule has 1 unspecified atom stereocenters. The van der Waals surface area contributed by atoms with Crippen molar-refractivity contribution in [3.63, 3.8) is 0 Å². The number of amides is 1. The van der Waals surface area contributed by atoms with Crippen LogP contribution in [0.5, 0.6) is 5.75 Å². The van der Waals surface area contributed by atoms with E-state index in [1.54, 1.807) is 0 Å². The number of hydrogen-bond acceptors (Lipinski definition) is 7. The number of carbonyl (C=O) groups is 1. The smallest absolute Gasteiger partial charge is 0.411 e. The normalized spacial score (nSPS) is 12.6.